The van der Waals surface area contributed by atoms with Crippen molar-refractivity contribution in [3.05, 3.63) is 35.0 Å². The number of nitrogens with two attached hydrogens (primary N) is 1. The molecule has 0 aliphatic heterocycles. The van der Waals surface area contributed by atoms with Crippen molar-refractivity contribution in [2.75, 3.05) is 18.2 Å². The minimum Gasteiger partial charge on any atom is -0.495 e. The Morgan fingerprint density at radius 3 is 2.89 bits per heavy atom. The molecule has 0 radical (unpaired) electrons. The lowest BCUT2D eigenvalue weighted by Crippen LogP contribution is -2.12. The Kier molecular flexibility index (Phi) is 3.38. The number of halogens is 1. The highest BCUT2D eigenvalue weighted by molar-refractivity contribution is 6.32. The first-order chi connectivity index (χ1) is 8.61. The second kappa shape index (κ2) is 4.97. The van der Waals surface area contributed by atoms with Crippen LogP contribution in [0.4, 0.5) is 11.5 Å². The van der Waals surface area contributed by atoms with Gasteiger partial charge in [-0.2, -0.15) is 5.10 Å². The molecule has 2 rings (SSSR count). The number of rotatable bonds is 3. The van der Waals surface area contributed by atoms with Gasteiger partial charge in [0.15, 0.2) is 0 Å². The number of aromatic nitrogens is 2. The van der Waals surface area contributed by atoms with Crippen molar-refractivity contribution in [2.45, 2.75) is 0 Å². The van der Waals surface area contributed by atoms with E-state index in [-0.39, 0.29) is 17.3 Å². The van der Waals surface area contributed by atoms with Gasteiger partial charge in [-0.3, -0.25) is 9.89 Å². The van der Waals surface area contributed by atoms with E-state index in [4.69, 9.17) is 22.1 Å². The lowest BCUT2D eigenvalue weighted by Gasteiger charge is -2.07. The minimum absolute atomic E-state index is 0.215. The van der Waals surface area contributed by atoms with E-state index in [0.29, 0.717) is 16.5 Å². The van der Waals surface area contributed by atoms with Crippen molar-refractivity contribution < 1.29 is 9.53 Å². The van der Waals surface area contributed by atoms with E-state index >= 15 is 0 Å². The molecule has 6 nitrogen and oxygen atoms in total. The predicted molar refractivity (Wildman–Crippen MR) is 69.0 cm³/mol. The standard InChI is InChI=1S/C11H11ClN4O2/c1-18-9-3-2-6(4-8(9)12)15-11(17)7-5-14-16-10(7)13/h2-5H,1H3,(H,15,17)(H3,13,14,16). The average Bonchev–Trinajstić information content (AvgIpc) is 2.76. The van der Waals surface area contributed by atoms with Crippen molar-refractivity contribution in [1.82, 2.24) is 10.2 Å². The second-order valence-corrected chi connectivity index (χ2v) is 3.91. The first kappa shape index (κ1) is 12.3. The summed E-state index contributed by atoms with van der Waals surface area (Å²) < 4.78 is 5.02. The van der Waals surface area contributed by atoms with E-state index in [0.717, 1.165) is 0 Å². The maximum Gasteiger partial charge on any atom is 0.261 e. The van der Waals surface area contributed by atoms with Crippen LogP contribution in [0, 0.1) is 0 Å². The molecular formula is C11H11ClN4O2. The van der Waals surface area contributed by atoms with Crippen molar-refractivity contribution in [3.63, 3.8) is 0 Å². The van der Waals surface area contributed by atoms with Crippen molar-refractivity contribution in [1.29, 1.82) is 0 Å². The zero-order valence-electron chi connectivity index (χ0n) is 9.53. The van der Waals surface area contributed by atoms with E-state index in [1.807, 2.05) is 0 Å². The van der Waals surface area contributed by atoms with Crippen LogP contribution in [0.25, 0.3) is 0 Å². The maximum atomic E-state index is 11.8. The van der Waals surface area contributed by atoms with Crippen LogP contribution in [0.1, 0.15) is 10.4 Å². The fourth-order valence-corrected chi connectivity index (χ4v) is 1.68. The van der Waals surface area contributed by atoms with Gasteiger partial charge in [-0.15, -0.1) is 0 Å². The second-order valence-electron chi connectivity index (χ2n) is 3.50. The molecule has 0 aliphatic rings. The SMILES string of the molecule is COc1ccc(NC(=O)c2cn[nH]c2N)cc1Cl. The number of benzene rings is 1. The highest BCUT2D eigenvalue weighted by Gasteiger charge is 2.12. The number of nitrogens with zero attached hydrogens (tertiary/aromatic N) is 1. The number of nitrogens with one attached hydrogen (secondary N) is 2. The van der Waals surface area contributed by atoms with E-state index < -0.39 is 0 Å². The third kappa shape index (κ3) is 2.38. The van der Waals surface area contributed by atoms with Gasteiger partial charge < -0.3 is 15.8 Å². The molecule has 1 amide bonds. The summed E-state index contributed by atoms with van der Waals surface area (Å²) in [4.78, 5) is 11.8. The number of methoxy groups -OCH3 is 1. The molecule has 0 unspecified atom stereocenters. The van der Waals surface area contributed by atoms with Crippen LogP contribution in [-0.2, 0) is 0 Å². The van der Waals surface area contributed by atoms with Gasteiger partial charge in [0.1, 0.15) is 17.1 Å². The van der Waals surface area contributed by atoms with Crippen LogP contribution in [0.2, 0.25) is 5.02 Å². The predicted octanol–water partition coefficient (Wildman–Crippen LogP) is 1.91. The van der Waals surface area contributed by atoms with Gasteiger partial charge in [-0.1, -0.05) is 11.6 Å². The molecule has 1 aromatic heterocycles. The molecule has 18 heavy (non-hydrogen) atoms. The fourth-order valence-electron chi connectivity index (χ4n) is 1.42. The van der Waals surface area contributed by atoms with Crippen LogP contribution >= 0.6 is 11.6 Å². The first-order valence-corrected chi connectivity index (χ1v) is 5.43. The molecule has 1 heterocycles. The van der Waals surface area contributed by atoms with Crippen LogP contribution in [0.15, 0.2) is 24.4 Å². The number of hydrogen-bond donors (Lipinski definition) is 3. The van der Waals surface area contributed by atoms with Gasteiger partial charge in [0, 0.05) is 5.69 Å². The molecule has 0 saturated heterocycles. The van der Waals surface area contributed by atoms with E-state index in [9.17, 15) is 4.79 Å². The van der Waals surface area contributed by atoms with Crippen LogP contribution in [0.3, 0.4) is 0 Å². The van der Waals surface area contributed by atoms with Crippen molar-refractivity contribution in [2.24, 2.45) is 0 Å². The summed E-state index contributed by atoms with van der Waals surface area (Å²) >= 11 is 5.95. The third-order valence-electron chi connectivity index (χ3n) is 2.32. The molecule has 0 spiro atoms. The monoisotopic (exact) mass is 266 g/mol. The summed E-state index contributed by atoms with van der Waals surface area (Å²) in [6, 6.07) is 4.93. The van der Waals surface area contributed by atoms with Crippen molar-refractivity contribution >= 4 is 29.0 Å². The number of anilines is 2. The quantitative estimate of drug-likeness (QED) is 0.791. The number of aromatic amines is 1. The summed E-state index contributed by atoms with van der Waals surface area (Å²) in [6.07, 6.45) is 1.36. The molecule has 0 aliphatic carbocycles. The molecule has 4 N–H and O–H groups in total. The van der Waals surface area contributed by atoms with Gasteiger partial charge in [-0.25, -0.2) is 0 Å². The van der Waals surface area contributed by atoms with E-state index in [2.05, 4.69) is 15.5 Å². The third-order valence-corrected chi connectivity index (χ3v) is 2.62. The van der Waals surface area contributed by atoms with Crippen LogP contribution in [-0.4, -0.2) is 23.2 Å². The smallest absolute Gasteiger partial charge is 0.261 e. The number of nitrogen functional groups attached to an aromatic ring is 1. The summed E-state index contributed by atoms with van der Waals surface area (Å²) in [5.41, 5.74) is 6.37. The normalized spacial score (nSPS) is 10.1. The van der Waals surface area contributed by atoms with Gasteiger partial charge in [-0.05, 0) is 18.2 Å². The molecular weight excluding hydrogens is 256 g/mol. The van der Waals surface area contributed by atoms with Gasteiger partial charge >= 0.3 is 0 Å². The lowest BCUT2D eigenvalue weighted by atomic mass is 10.2. The number of carbonyl (C=O) groups excluding carboxylic acids is 1. The number of ether oxygens (including phenoxy) is 1. The molecule has 1 aromatic carbocycles. The summed E-state index contributed by atoms with van der Waals surface area (Å²) in [5, 5.41) is 9.23. The first-order valence-electron chi connectivity index (χ1n) is 5.05. The number of amides is 1. The minimum atomic E-state index is -0.359. The Morgan fingerprint density at radius 2 is 2.33 bits per heavy atom. The molecule has 0 saturated carbocycles. The Balaban J connectivity index is 2.17. The molecule has 0 fully saturated rings. The van der Waals surface area contributed by atoms with Gasteiger partial charge in [0.25, 0.3) is 5.91 Å². The zero-order chi connectivity index (χ0) is 13.1. The number of H-pyrrole nitrogens is 1. The lowest BCUT2D eigenvalue weighted by molar-refractivity contribution is 0.102. The van der Waals surface area contributed by atoms with E-state index in [1.54, 1.807) is 18.2 Å². The Hall–Kier alpha value is -2.21. The Labute approximate surface area is 108 Å². The highest BCUT2D eigenvalue weighted by atomic mass is 35.5. The van der Waals surface area contributed by atoms with Crippen LogP contribution in [0.5, 0.6) is 5.75 Å². The van der Waals surface area contributed by atoms with E-state index in [1.165, 1.54) is 13.3 Å². The van der Waals surface area contributed by atoms with Gasteiger partial charge in [0.05, 0.1) is 18.3 Å². The number of hydrogen-bond acceptors (Lipinski definition) is 4. The fraction of sp³-hybridized carbons (Fsp3) is 0.0909. The largest absolute Gasteiger partial charge is 0.495 e. The van der Waals surface area contributed by atoms with Crippen molar-refractivity contribution in [3.8, 4) is 5.75 Å². The molecule has 0 atom stereocenters. The van der Waals surface area contributed by atoms with Crippen LogP contribution < -0.4 is 15.8 Å². The maximum absolute atomic E-state index is 11.8. The summed E-state index contributed by atoms with van der Waals surface area (Å²) in [7, 11) is 1.52. The topological polar surface area (TPSA) is 93.0 Å². The summed E-state index contributed by atoms with van der Waals surface area (Å²) in [6.45, 7) is 0. The zero-order valence-corrected chi connectivity index (χ0v) is 10.3. The molecule has 94 valence electrons. The number of carbonyl (C=O) groups is 1. The summed E-state index contributed by atoms with van der Waals surface area (Å²) in [5.74, 6) is 0.395. The average molecular weight is 267 g/mol. The Morgan fingerprint density at radius 1 is 1.56 bits per heavy atom. The Bertz CT molecular complexity index is 582. The van der Waals surface area contributed by atoms with Gasteiger partial charge in [0.2, 0.25) is 0 Å². The highest BCUT2D eigenvalue weighted by Crippen LogP contribution is 2.27. The molecule has 0 bridgehead atoms. The molecule has 2 aromatic rings. The molecule has 7 heteroatoms.